The Morgan fingerprint density at radius 2 is 1.58 bits per heavy atom. The molecule has 0 fully saturated rings. The van der Waals surface area contributed by atoms with Gasteiger partial charge in [0.25, 0.3) is 0 Å². The zero-order chi connectivity index (χ0) is 19.1. The van der Waals surface area contributed by atoms with Crippen molar-refractivity contribution in [3.63, 3.8) is 0 Å². The summed E-state index contributed by atoms with van der Waals surface area (Å²) in [5.41, 5.74) is 3.61. The monoisotopic (exact) mass is 363 g/mol. The third-order valence-electron chi connectivity index (χ3n) is 4.12. The molecule has 26 heavy (non-hydrogen) atoms. The molecule has 136 valence electrons. The zero-order valence-corrected chi connectivity index (χ0v) is 14.0. The molecule has 0 radical (unpaired) electrons. The summed E-state index contributed by atoms with van der Waals surface area (Å²) >= 11 is 0. The van der Waals surface area contributed by atoms with Crippen molar-refractivity contribution in [2.24, 2.45) is 0 Å². The second-order valence-electron chi connectivity index (χ2n) is 5.83. The summed E-state index contributed by atoms with van der Waals surface area (Å²) in [5, 5.41) is 20.1. The highest BCUT2D eigenvalue weighted by molar-refractivity contribution is 5.62. The van der Waals surface area contributed by atoms with Gasteiger partial charge in [0.15, 0.2) is 0 Å². The van der Waals surface area contributed by atoms with Gasteiger partial charge in [-0.3, -0.25) is 5.43 Å². The van der Waals surface area contributed by atoms with Crippen LogP contribution in [0.5, 0.6) is 11.8 Å². The van der Waals surface area contributed by atoms with Crippen molar-refractivity contribution in [2.45, 2.75) is 20.0 Å². The lowest BCUT2D eigenvalue weighted by Gasteiger charge is -2.12. The largest absolute Gasteiger partial charge is 0.493 e. The number of anilines is 1. The average Bonchev–Trinajstić information content (AvgIpc) is 2.79. The molecule has 0 aliphatic rings. The Morgan fingerprint density at radius 1 is 0.962 bits per heavy atom. The predicted octanol–water partition coefficient (Wildman–Crippen LogP) is 4.47. The summed E-state index contributed by atoms with van der Waals surface area (Å²) < 4.78 is 39.7. The van der Waals surface area contributed by atoms with E-state index in [1.807, 2.05) is 0 Å². The number of hydrogen-bond acceptors (Lipinski definition) is 4. The van der Waals surface area contributed by atoms with Gasteiger partial charge < -0.3 is 10.2 Å². The van der Waals surface area contributed by atoms with E-state index in [1.54, 1.807) is 32.0 Å². The first-order valence-corrected chi connectivity index (χ1v) is 7.70. The van der Waals surface area contributed by atoms with Gasteiger partial charge >= 0.3 is 6.18 Å². The van der Waals surface area contributed by atoms with Crippen molar-refractivity contribution in [2.75, 3.05) is 5.43 Å². The van der Waals surface area contributed by atoms with Gasteiger partial charge in [-0.1, -0.05) is 18.2 Å². The standard InChI is InChI=1S/C18H16F3N3O2/c1-10-11(2)17(26)24(16(10)25)23-15-8-4-7-14(22-15)12-5-3-6-13(9-12)18(19,20)21/h3-9,25-26H,1-2H3,(H,22,23). The lowest BCUT2D eigenvalue weighted by molar-refractivity contribution is -0.137. The van der Waals surface area contributed by atoms with Gasteiger partial charge in [-0.05, 0) is 38.1 Å². The van der Waals surface area contributed by atoms with Crippen LogP contribution >= 0.6 is 0 Å². The molecular weight excluding hydrogens is 347 g/mol. The molecule has 3 rings (SSSR count). The topological polar surface area (TPSA) is 70.3 Å². The molecule has 0 bridgehead atoms. The Kier molecular flexibility index (Phi) is 4.27. The van der Waals surface area contributed by atoms with Gasteiger partial charge in [-0.25, -0.2) is 4.98 Å². The molecule has 2 heterocycles. The minimum atomic E-state index is -4.44. The molecule has 1 aromatic carbocycles. The number of nitrogens with zero attached hydrogens (tertiary/aromatic N) is 2. The van der Waals surface area contributed by atoms with E-state index in [0.717, 1.165) is 16.8 Å². The number of nitrogens with one attached hydrogen (secondary N) is 1. The fourth-order valence-corrected chi connectivity index (χ4v) is 2.50. The van der Waals surface area contributed by atoms with Crippen molar-refractivity contribution in [3.05, 3.63) is 59.2 Å². The minimum Gasteiger partial charge on any atom is -0.493 e. The Hall–Kier alpha value is -3.16. The second-order valence-corrected chi connectivity index (χ2v) is 5.83. The maximum atomic E-state index is 12.9. The second kappa shape index (κ2) is 6.29. The zero-order valence-electron chi connectivity index (χ0n) is 14.0. The maximum Gasteiger partial charge on any atom is 0.416 e. The fourth-order valence-electron chi connectivity index (χ4n) is 2.50. The fraction of sp³-hybridized carbons (Fsp3) is 0.167. The molecule has 0 saturated carbocycles. The first-order valence-electron chi connectivity index (χ1n) is 7.70. The Bertz CT molecular complexity index is 939. The van der Waals surface area contributed by atoms with E-state index >= 15 is 0 Å². The summed E-state index contributed by atoms with van der Waals surface area (Å²) in [4.78, 5) is 4.26. The third kappa shape index (κ3) is 3.17. The van der Waals surface area contributed by atoms with E-state index in [4.69, 9.17) is 0 Å². The number of hydrogen-bond donors (Lipinski definition) is 3. The molecule has 0 aliphatic carbocycles. The number of alkyl halides is 3. The van der Waals surface area contributed by atoms with Crippen LogP contribution in [0.25, 0.3) is 11.3 Å². The quantitative estimate of drug-likeness (QED) is 0.642. The van der Waals surface area contributed by atoms with Gasteiger partial charge in [0.1, 0.15) is 5.82 Å². The molecule has 3 N–H and O–H groups in total. The molecule has 2 aromatic heterocycles. The van der Waals surface area contributed by atoms with E-state index in [2.05, 4.69) is 10.4 Å². The van der Waals surface area contributed by atoms with E-state index in [1.165, 1.54) is 12.1 Å². The first kappa shape index (κ1) is 17.7. The van der Waals surface area contributed by atoms with Crippen LogP contribution in [0.1, 0.15) is 16.7 Å². The number of rotatable bonds is 3. The van der Waals surface area contributed by atoms with Crippen molar-refractivity contribution in [1.29, 1.82) is 0 Å². The molecule has 3 aromatic rings. The number of halogens is 3. The van der Waals surface area contributed by atoms with Gasteiger partial charge in [0.2, 0.25) is 11.8 Å². The maximum absolute atomic E-state index is 12.9. The minimum absolute atomic E-state index is 0.175. The highest BCUT2D eigenvalue weighted by atomic mass is 19.4. The van der Waals surface area contributed by atoms with E-state index in [9.17, 15) is 23.4 Å². The molecule has 0 aliphatic heterocycles. The molecule has 8 heteroatoms. The number of aromatic hydroxyl groups is 2. The van der Waals surface area contributed by atoms with Crippen LogP contribution < -0.4 is 5.43 Å². The van der Waals surface area contributed by atoms with Gasteiger partial charge in [-0.15, -0.1) is 0 Å². The SMILES string of the molecule is Cc1c(C)c(O)n(Nc2cccc(-c3cccc(C(F)(F)F)c3)n2)c1O. The number of pyridine rings is 1. The lowest BCUT2D eigenvalue weighted by atomic mass is 10.1. The summed E-state index contributed by atoms with van der Waals surface area (Å²) in [6.07, 6.45) is -4.44. The number of aromatic nitrogens is 2. The van der Waals surface area contributed by atoms with Crippen LogP contribution in [0.4, 0.5) is 19.0 Å². The van der Waals surface area contributed by atoms with Crippen LogP contribution in [0.3, 0.4) is 0 Å². The summed E-state index contributed by atoms with van der Waals surface area (Å²) in [6, 6.07) is 9.62. The Balaban J connectivity index is 1.96. The highest BCUT2D eigenvalue weighted by Gasteiger charge is 2.30. The van der Waals surface area contributed by atoms with Crippen molar-refractivity contribution >= 4 is 5.82 Å². The van der Waals surface area contributed by atoms with Gasteiger partial charge in [0.05, 0.1) is 11.3 Å². The van der Waals surface area contributed by atoms with Crippen molar-refractivity contribution in [3.8, 4) is 23.0 Å². The van der Waals surface area contributed by atoms with Gasteiger partial charge in [-0.2, -0.15) is 17.8 Å². The van der Waals surface area contributed by atoms with Crippen LogP contribution in [-0.4, -0.2) is 19.9 Å². The van der Waals surface area contributed by atoms with E-state index < -0.39 is 11.7 Å². The molecular formula is C18H16F3N3O2. The Morgan fingerprint density at radius 3 is 2.19 bits per heavy atom. The summed E-state index contributed by atoms with van der Waals surface area (Å²) in [7, 11) is 0. The molecule has 0 saturated heterocycles. The predicted molar refractivity (Wildman–Crippen MR) is 90.9 cm³/mol. The molecule has 5 nitrogen and oxygen atoms in total. The normalized spacial score (nSPS) is 11.6. The van der Waals surface area contributed by atoms with Crippen LogP contribution in [0.2, 0.25) is 0 Å². The van der Waals surface area contributed by atoms with Crippen molar-refractivity contribution in [1.82, 2.24) is 9.66 Å². The first-order chi connectivity index (χ1) is 12.2. The summed E-state index contributed by atoms with van der Waals surface area (Å²) in [6.45, 7) is 3.30. The molecule has 0 atom stereocenters. The van der Waals surface area contributed by atoms with Gasteiger partial charge in [0, 0.05) is 16.7 Å². The third-order valence-corrected chi connectivity index (χ3v) is 4.12. The summed E-state index contributed by atoms with van der Waals surface area (Å²) in [5.74, 6) is -0.0990. The molecule has 0 amide bonds. The average molecular weight is 363 g/mol. The lowest BCUT2D eigenvalue weighted by Crippen LogP contribution is -2.09. The molecule has 0 unspecified atom stereocenters. The number of benzene rings is 1. The highest BCUT2D eigenvalue weighted by Crippen LogP contribution is 2.33. The smallest absolute Gasteiger partial charge is 0.416 e. The van der Waals surface area contributed by atoms with E-state index in [-0.39, 0.29) is 17.6 Å². The van der Waals surface area contributed by atoms with E-state index in [0.29, 0.717) is 22.4 Å². The van der Waals surface area contributed by atoms with Crippen molar-refractivity contribution < 1.29 is 23.4 Å². The Labute approximate surface area is 147 Å². The van der Waals surface area contributed by atoms with Crippen LogP contribution in [-0.2, 0) is 6.18 Å². The molecule has 0 spiro atoms. The van der Waals surface area contributed by atoms with Crippen LogP contribution in [0, 0.1) is 13.8 Å². The van der Waals surface area contributed by atoms with Crippen LogP contribution in [0.15, 0.2) is 42.5 Å².